The molecule has 0 amide bonds. The Balaban J connectivity index is 2.03. The van der Waals surface area contributed by atoms with E-state index in [9.17, 15) is 0 Å². The number of nitrogens with zero attached hydrogens (tertiary/aromatic N) is 2. The van der Waals surface area contributed by atoms with Gasteiger partial charge < -0.3 is 9.14 Å². The van der Waals surface area contributed by atoms with E-state index in [1.165, 1.54) is 5.56 Å². The van der Waals surface area contributed by atoms with E-state index in [4.69, 9.17) is 4.74 Å². The predicted molar refractivity (Wildman–Crippen MR) is 71.0 cm³/mol. The monoisotopic (exact) mass is 238 g/mol. The highest BCUT2D eigenvalue weighted by atomic mass is 16.5. The molecule has 0 saturated carbocycles. The number of benzene rings is 1. The maximum Gasteiger partial charge on any atom is 0.144 e. The topological polar surface area (TPSA) is 26.5 Å². The second-order valence-corrected chi connectivity index (χ2v) is 4.17. The average molecular weight is 238 g/mol. The van der Waals surface area contributed by atoms with Crippen molar-refractivity contribution in [2.45, 2.75) is 6.42 Å². The minimum atomic E-state index is 0.822. The highest BCUT2D eigenvalue weighted by Crippen LogP contribution is 2.21. The number of fused-ring (bicyclic) bond motifs is 1. The van der Waals surface area contributed by atoms with Crippen molar-refractivity contribution in [3.63, 3.8) is 0 Å². The zero-order valence-electron chi connectivity index (χ0n) is 10.2. The predicted octanol–water partition coefficient (Wildman–Crippen LogP) is 2.93. The highest BCUT2D eigenvalue weighted by molar-refractivity contribution is 5.59. The third kappa shape index (κ3) is 1.84. The lowest BCUT2D eigenvalue weighted by atomic mass is 10.1. The number of rotatable bonds is 3. The van der Waals surface area contributed by atoms with Gasteiger partial charge in [-0.05, 0) is 17.7 Å². The third-order valence-corrected chi connectivity index (χ3v) is 3.03. The van der Waals surface area contributed by atoms with Crippen LogP contribution in [0.25, 0.3) is 5.52 Å². The van der Waals surface area contributed by atoms with Crippen molar-refractivity contribution in [1.29, 1.82) is 0 Å². The van der Waals surface area contributed by atoms with Crippen LogP contribution >= 0.6 is 0 Å². The third-order valence-electron chi connectivity index (χ3n) is 3.03. The summed E-state index contributed by atoms with van der Waals surface area (Å²) in [5, 5.41) is 0. The number of imidazole rings is 1. The van der Waals surface area contributed by atoms with Crippen molar-refractivity contribution in [3.8, 4) is 5.75 Å². The van der Waals surface area contributed by atoms with Crippen LogP contribution in [0.5, 0.6) is 5.75 Å². The van der Waals surface area contributed by atoms with E-state index in [1.807, 2.05) is 42.7 Å². The number of hydrogen-bond acceptors (Lipinski definition) is 2. The van der Waals surface area contributed by atoms with Gasteiger partial charge in [0.1, 0.15) is 17.1 Å². The quantitative estimate of drug-likeness (QED) is 0.701. The molecule has 1 aromatic carbocycles. The van der Waals surface area contributed by atoms with Crippen LogP contribution in [0.1, 0.15) is 11.4 Å². The van der Waals surface area contributed by atoms with E-state index < -0.39 is 0 Å². The smallest absolute Gasteiger partial charge is 0.144 e. The van der Waals surface area contributed by atoms with E-state index in [0.29, 0.717) is 0 Å². The van der Waals surface area contributed by atoms with Gasteiger partial charge in [-0.2, -0.15) is 0 Å². The van der Waals surface area contributed by atoms with Gasteiger partial charge in [0.05, 0.1) is 13.3 Å². The summed E-state index contributed by atoms with van der Waals surface area (Å²) in [5.74, 6) is 1.87. The molecular weight excluding hydrogens is 224 g/mol. The van der Waals surface area contributed by atoms with Gasteiger partial charge >= 0.3 is 0 Å². The summed E-state index contributed by atoms with van der Waals surface area (Å²) in [6, 6.07) is 14.3. The molecule has 0 atom stereocenters. The molecule has 0 aliphatic heterocycles. The van der Waals surface area contributed by atoms with E-state index in [-0.39, 0.29) is 0 Å². The van der Waals surface area contributed by atoms with Gasteiger partial charge in [-0.1, -0.05) is 30.3 Å². The minimum Gasteiger partial charge on any atom is -0.494 e. The fourth-order valence-corrected chi connectivity index (χ4v) is 2.13. The van der Waals surface area contributed by atoms with Gasteiger partial charge in [0.15, 0.2) is 0 Å². The second kappa shape index (κ2) is 4.53. The molecule has 2 aromatic heterocycles. The van der Waals surface area contributed by atoms with Crippen molar-refractivity contribution in [3.05, 3.63) is 66.2 Å². The van der Waals surface area contributed by atoms with Crippen LogP contribution in [0.15, 0.2) is 54.9 Å². The van der Waals surface area contributed by atoms with E-state index in [1.54, 1.807) is 7.11 Å². The molecule has 0 spiro atoms. The lowest BCUT2D eigenvalue weighted by Gasteiger charge is -2.04. The number of pyridine rings is 1. The van der Waals surface area contributed by atoms with Gasteiger partial charge in [-0.25, -0.2) is 4.98 Å². The zero-order valence-corrected chi connectivity index (χ0v) is 10.2. The van der Waals surface area contributed by atoms with E-state index in [2.05, 4.69) is 21.5 Å². The van der Waals surface area contributed by atoms with Crippen LogP contribution < -0.4 is 4.74 Å². The Morgan fingerprint density at radius 1 is 1.11 bits per heavy atom. The van der Waals surface area contributed by atoms with Gasteiger partial charge in [0, 0.05) is 12.6 Å². The molecule has 3 aromatic rings. The number of methoxy groups -OCH3 is 1. The summed E-state index contributed by atoms with van der Waals surface area (Å²) < 4.78 is 7.41. The van der Waals surface area contributed by atoms with Crippen LogP contribution in [-0.4, -0.2) is 16.5 Å². The van der Waals surface area contributed by atoms with Crippen molar-refractivity contribution >= 4 is 5.52 Å². The van der Waals surface area contributed by atoms with Gasteiger partial charge in [0.2, 0.25) is 0 Å². The normalized spacial score (nSPS) is 10.7. The Kier molecular flexibility index (Phi) is 2.73. The van der Waals surface area contributed by atoms with Crippen LogP contribution in [0.3, 0.4) is 0 Å². The van der Waals surface area contributed by atoms with Gasteiger partial charge in [-0.15, -0.1) is 0 Å². The van der Waals surface area contributed by atoms with Crippen LogP contribution in [0, 0.1) is 0 Å². The number of ether oxygens (including phenoxy) is 1. The molecular formula is C15H14N2O. The maximum absolute atomic E-state index is 5.33. The molecule has 0 bridgehead atoms. The molecule has 0 aliphatic carbocycles. The Morgan fingerprint density at radius 3 is 2.72 bits per heavy atom. The molecule has 18 heavy (non-hydrogen) atoms. The summed E-state index contributed by atoms with van der Waals surface area (Å²) in [4.78, 5) is 4.48. The molecule has 0 N–H and O–H groups in total. The van der Waals surface area contributed by atoms with Crippen molar-refractivity contribution < 1.29 is 4.74 Å². The minimum absolute atomic E-state index is 0.822. The number of hydrogen-bond donors (Lipinski definition) is 0. The van der Waals surface area contributed by atoms with Crippen LogP contribution in [-0.2, 0) is 6.42 Å². The first-order valence-electron chi connectivity index (χ1n) is 5.91. The van der Waals surface area contributed by atoms with E-state index >= 15 is 0 Å². The molecule has 3 nitrogen and oxygen atoms in total. The average Bonchev–Trinajstić information content (AvgIpc) is 2.83. The summed E-state index contributed by atoms with van der Waals surface area (Å²) in [5.41, 5.74) is 2.26. The Morgan fingerprint density at radius 2 is 1.94 bits per heavy atom. The first-order chi connectivity index (χ1) is 8.88. The Bertz CT molecular complexity index is 659. The lowest BCUT2D eigenvalue weighted by molar-refractivity contribution is 0.418. The van der Waals surface area contributed by atoms with Crippen molar-refractivity contribution in [1.82, 2.24) is 9.38 Å². The molecule has 0 unspecified atom stereocenters. The summed E-state index contributed by atoms with van der Waals surface area (Å²) in [6.45, 7) is 0. The summed E-state index contributed by atoms with van der Waals surface area (Å²) in [7, 11) is 1.68. The van der Waals surface area contributed by atoms with Gasteiger partial charge in [-0.3, -0.25) is 0 Å². The van der Waals surface area contributed by atoms with Gasteiger partial charge in [0.25, 0.3) is 0 Å². The molecule has 0 radical (unpaired) electrons. The standard InChI is InChI=1S/C15H14N2O/c1-18-14-8-5-9-17-13(14)11-16-15(17)10-12-6-3-2-4-7-12/h2-9,11H,10H2,1H3. The fourth-order valence-electron chi connectivity index (χ4n) is 2.13. The molecule has 2 heterocycles. The first-order valence-corrected chi connectivity index (χ1v) is 5.91. The molecule has 0 aliphatic rings. The first kappa shape index (κ1) is 10.8. The zero-order chi connectivity index (χ0) is 12.4. The summed E-state index contributed by atoms with van der Waals surface area (Å²) >= 11 is 0. The fraction of sp³-hybridized carbons (Fsp3) is 0.133. The molecule has 0 saturated heterocycles. The molecule has 3 heteroatoms. The van der Waals surface area contributed by atoms with E-state index in [0.717, 1.165) is 23.5 Å². The SMILES string of the molecule is COc1cccn2c(Cc3ccccc3)ncc12. The lowest BCUT2D eigenvalue weighted by Crippen LogP contribution is -1.96. The molecule has 90 valence electrons. The number of aromatic nitrogens is 2. The molecule has 0 fully saturated rings. The molecule has 3 rings (SSSR count). The Hall–Kier alpha value is -2.29. The second-order valence-electron chi connectivity index (χ2n) is 4.17. The van der Waals surface area contributed by atoms with Crippen LogP contribution in [0.2, 0.25) is 0 Å². The highest BCUT2D eigenvalue weighted by Gasteiger charge is 2.07. The summed E-state index contributed by atoms with van der Waals surface area (Å²) in [6.07, 6.45) is 4.70. The Labute approximate surface area is 106 Å². The largest absolute Gasteiger partial charge is 0.494 e. The van der Waals surface area contributed by atoms with Crippen molar-refractivity contribution in [2.75, 3.05) is 7.11 Å². The van der Waals surface area contributed by atoms with Crippen molar-refractivity contribution in [2.24, 2.45) is 0 Å². The maximum atomic E-state index is 5.33. The van der Waals surface area contributed by atoms with Crippen LogP contribution in [0.4, 0.5) is 0 Å².